The first-order valence-electron chi connectivity index (χ1n) is 6.40. The Morgan fingerprint density at radius 2 is 2.16 bits per heavy atom. The second kappa shape index (κ2) is 6.22. The summed E-state index contributed by atoms with van der Waals surface area (Å²) in [7, 11) is -1.64. The topological polar surface area (TPSA) is 49.4 Å². The molecule has 0 aromatic heterocycles. The molecule has 1 aromatic carbocycles. The van der Waals surface area contributed by atoms with Crippen molar-refractivity contribution in [2.75, 3.05) is 19.3 Å². The predicted molar refractivity (Wildman–Crippen MR) is 77.7 cm³/mol. The maximum Gasteiger partial charge on any atom is 0.215 e. The molecule has 1 fully saturated rings. The smallest absolute Gasteiger partial charge is 0.215 e. The summed E-state index contributed by atoms with van der Waals surface area (Å²) in [5.74, 6) is 0.161. The summed E-state index contributed by atoms with van der Waals surface area (Å²) >= 11 is 6.05. The molecule has 4 nitrogen and oxygen atoms in total. The summed E-state index contributed by atoms with van der Waals surface area (Å²) in [5, 5.41) is 3.81. The number of halogens is 1. The molecule has 1 heterocycles. The lowest BCUT2D eigenvalue weighted by Crippen LogP contribution is -2.37. The van der Waals surface area contributed by atoms with Crippen LogP contribution in [0.1, 0.15) is 18.4 Å². The minimum Gasteiger partial charge on any atom is -0.313 e. The molecule has 1 aromatic rings. The van der Waals surface area contributed by atoms with Crippen LogP contribution in [0.4, 0.5) is 0 Å². The minimum atomic E-state index is -3.25. The van der Waals surface area contributed by atoms with Crippen molar-refractivity contribution in [2.24, 2.45) is 0 Å². The first-order valence-corrected chi connectivity index (χ1v) is 8.38. The minimum absolute atomic E-state index is 0.0821. The van der Waals surface area contributed by atoms with Crippen LogP contribution in [0.25, 0.3) is 0 Å². The Morgan fingerprint density at radius 3 is 2.79 bits per heavy atom. The van der Waals surface area contributed by atoms with Gasteiger partial charge >= 0.3 is 0 Å². The number of nitrogens with one attached hydrogen (secondary N) is 1. The van der Waals surface area contributed by atoms with Gasteiger partial charge in [-0.05, 0) is 31.0 Å². The van der Waals surface area contributed by atoms with E-state index in [9.17, 15) is 8.42 Å². The van der Waals surface area contributed by atoms with Crippen LogP contribution in [0.3, 0.4) is 0 Å². The van der Waals surface area contributed by atoms with Gasteiger partial charge in [0.1, 0.15) is 0 Å². The molecule has 0 spiro atoms. The molecular weight excluding hydrogens is 284 g/mol. The van der Waals surface area contributed by atoms with E-state index < -0.39 is 10.0 Å². The highest BCUT2D eigenvalue weighted by Gasteiger charge is 2.25. The molecule has 1 saturated heterocycles. The van der Waals surface area contributed by atoms with Gasteiger partial charge in [0, 0.05) is 24.7 Å². The lowest BCUT2D eigenvalue weighted by atomic mass is 10.2. The van der Waals surface area contributed by atoms with Gasteiger partial charge in [-0.1, -0.05) is 29.8 Å². The molecule has 0 aliphatic carbocycles. The van der Waals surface area contributed by atoms with Crippen LogP contribution in [-0.4, -0.2) is 38.1 Å². The monoisotopic (exact) mass is 302 g/mol. The maximum absolute atomic E-state index is 12.2. The van der Waals surface area contributed by atoms with Crippen molar-refractivity contribution < 1.29 is 8.42 Å². The molecule has 0 amide bonds. The van der Waals surface area contributed by atoms with Gasteiger partial charge < -0.3 is 5.32 Å². The molecule has 19 heavy (non-hydrogen) atoms. The van der Waals surface area contributed by atoms with Crippen molar-refractivity contribution in [2.45, 2.75) is 25.4 Å². The van der Waals surface area contributed by atoms with E-state index in [1.165, 1.54) is 4.31 Å². The zero-order chi connectivity index (χ0) is 13.9. The van der Waals surface area contributed by atoms with Crippen molar-refractivity contribution in [3.63, 3.8) is 0 Å². The summed E-state index contributed by atoms with van der Waals surface area (Å²) in [4.78, 5) is 0. The molecule has 106 valence electrons. The number of nitrogens with zero attached hydrogens (tertiary/aromatic N) is 1. The van der Waals surface area contributed by atoms with Crippen molar-refractivity contribution >= 4 is 21.6 Å². The molecule has 6 heteroatoms. The number of benzene rings is 1. The highest BCUT2D eigenvalue weighted by atomic mass is 35.5. The molecule has 1 N–H and O–H groups in total. The van der Waals surface area contributed by atoms with Crippen LogP contribution in [0.2, 0.25) is 5.02 Å². The third-order valence-corrected chi connectivity index (χ3v) is 5.67. The van der Waals surface area contributed by atoms with E-state index in [1.54, 1.807) is 13.1 Å². The lowest BCUT2D eigenvalue weighted by Gasteiger charge is -2.20. The zero-order valence-electron chi connectivity index (χ0n) is 11.0. The third kappa shape index (κ3) is 3.92. The predicted octanol–water partition coefficient (Wildman–Crippen LogP) is 1.85. The average Bonchev–Trinajstić information content (AvgIpc) is 2.84. The van der Waals surface area contributed by atoms with E-state index >= 15 is 0 Å². The van der Waals surface area contributed by atoms with Crippen LogP contribution in [0.15, 0.2) is 24.3 Å². The van der Waals surface area contributed by atoms with Crippen molar-refractivity contribution in [1.82, 2.24) is 9.62 Å². The van der Waals surface area contributed by atoms with Gasteiger partial charge in [0.2, 0.25) is 10.0 Å². The summed E-state index contributed by atoms with van der Waals surface area (Å²) in [6.07, 6.45) is 1.98. The highest BCUT2D eigenvalue weighted by Crippen LogP contribution is 2.18. The summed E-state index contributed by atoms with van der Waals surface area (Å²) in [5.41, 5.74) is 0.828. The van der Waals surface area contributed by atoms with E-state index in [0.717, 1.165) is 24.9 Å². The average molecular weight is 303 g/mol. The normalized spacial score (nSPS) is 20.1. The number of sulfonamides is 1. The Hall–Kier alpha value is -0.620. The van der Waals surface area contributed by atoms with Gasteiger partial charge in [0.25, 0.3) is 0 Å². The van der Waals surface area contributed by atoms with E-state index in [2.05, 4.69) is 5.32 Å². The van der Waals surface area contributed by atoms with Crippen molar-refractivity contribution in [1.29, 1.82) is 0 Å². The zero-order valence-corrected chi connectivity index (χ0v) is 12.5. The molecule has 1 unspecified atom stereocenters. The van der Waals surface area contributed by atoms with Crippen molar-refractivity contribution in [3.8, 4) is 0 Å². The summed E-state index contributed by atoms with van der Waals surface area (Å²) < 4.78 is 25.9. The fourth-order valence-corrected chi connectivity index (χ4v) is 3.82. The summed E-state index contributed by atoms with van der Waals surface area (Å²) in [6.45, 7) is 1.23. The molecule has 2 rings (SSSR count). The van der Waals surface area contributed by atoms with E-state index in [-0.39, 0.29) is 11.8 Å². The second-order valence-electron chi connectivity index (χ2n) is 4.92. The van der Waals surface area contributed by atoms with E-state index in [1.807, 2.05) is 18.2 Å². The van der Waals surface area contributed by atoms with Gasteiger partial charge in [-0.25, -0.2) is 12.7 Å². The molecule has 0 radical (unpaired) electrons. The highest BCUT2D eigenvalue weighted by molar-refractivity contribution is 7.89. The number of rotatable bonds is 5. The Kier molecular flexibility index (Phi) is 4.84. The standard InChI is InChI=1S/C13H19ClN2O2S/c1-16(9-11-5-2-3-7-13(11)14)19(17,18)10-12-6-4-8-15-12/h2-3,5,7,12,15H,4,6,8-10H2,1H3. The van der Waals surface area contributed by atoms with Crippen LogP contribution in [0.5, 0.6) is 0 Å². The summed E-state index contributed by atoms with van der Waals surface area (Å²) in [6, 6.07) is 7.40. The van der Waals surface area contributed by atoms with Crippen LogP contribution in [-0.2, 0) is 16.6 Å². The molecular formula is C13H19ClN2O2S. The fraction of sp³-hybridized carbons (Fsp3) is 0.538. The molecule has 1 aliphatic heterocycles. The first kappa shape index (κ1) is 14.8. The molecule has 1 aliphatic rings. The Labute approximate surface area is 119 Å². The Morgan fingerprint density at radius 1 is 1.42 bits per heavy atom. The first-order chi connectivity index (χ1) is 8.99. The Bertz CT molecular complexity index is 527. The van der Waals surface area contributed by atoms with Gasteiger partial charge in [0.15, 0.2) is 0 Å². The molecule has 0 saturated carbocycles. The van der Waals surface area contributed by atoms with Crippen LogP contribution >= 0.6 is 11.6 Å². The molecule has 0 bridgehead atoms. The van der Waals surface area contributed by atoms with Gasteiger partial charge in [-0.15, -0.1) is 0 Å². The van der Waals surface area contributed by atoms with Crippen LogP contribution < -0.4 is 5.32 Å². The second-order valence-corrected chi connectivity index (χ2v) is 7.45. The lowest BCUT2D eigenvalue weighted by molar-refractivity contribution is 0.459. The van der Waals surface area contributed by atoms with Gasteiger partial charge in [-0.3, -0.25) is 0 Å². The fourth-order valence-electron chi connectivity index (χ4n) is 2.25. The van der Waals surface area contributed by atoms with Gasteiger partial charge in [-0.2, -0.15) is 0 Å². The van der Waals surface area contributed by atoms with E-state index in [4.69, 9.17) is 11.6 Å². The maximum atomic E-state index is 12.2. The SMILES string of the molecule is CN(Cc1ccccc1Cl)S(=O)(=O)CC1CCCN1. The Balaban J connectivity index is 2.02. The molecule has 1 atom stereocenters. The van der Waals surface area contributed by atoms with Gasteiger partial charge in [0.05, 0.1) is 5.75 Å². The largest absolute Gasteiger partial charge is 0.313 e. The van der Waals surface area contributed by atoms with E-state index in [0.29, 0.717) is 11.6 Å². The quantitative estimate of drug-likeness (QED) is 0.903. The van der Waals surface area contributed by atoms with Crippen LogP contribution in [0, 0.1) is 0 Å². The van der Waals surface area contributed by atoms with Crippen molar-refractivity contribution in [3.05, 3.63) is 34.9 Å². The third-order valence-electron chi connectivity index (χ3n) is 3.40. The number of hydrogen-bond acceptors (Lipinski definition) is 3. The number of hydrogen-bond donors (Lipinski definition) is 1.